The largest absolute Gasteiger partial charge is 0.456 e. The van der Waals surface area contributed by atoms with Gasteiger partial charge < -0.3 is 13.9 Å². The Labute approximate surface area is 303 Å². The molecule has 0 saturated heterocycles. The monoisotopic (exact) mass is 682 g/mol. The van der Waals surface area contributed by atoms with Crippen LogP contribution in [0.4, 0.5) is 17.1 Å². The van der Waals surface area contributed by atoms with Crippen molar-refractivity contribution >= 4 is 92.3 Å². The van der Waals surface area contributed by atoms with Crippen LogP contribution in [0.2, 0.25) is 0 Å². The first kappa shape index (κ1) is 29.1. The smallest absolute Gasteiger partial charge is 0.136 e. The molecule has 52 heavy (non-hydrogen) atoms. The van der Waals surface area contributed by atoms with Crippen molar-refractivity contribution in [1.82, 2.24) is 4.57 Å². The molecule has 11 rings (SSSR count). The van der Waals surface area contributed by atoms with E-state index in [1.807, 2.05) is 23.5 Å². The Morgan fingerprint density at radius 1 is 0.423 bits per heavy atom. The number of nitrogens with zero attached hydrogens (tertiary/aromatic N) is 2. The van der Waals surface area contributed by atoms with Gasteiger partial charge in [-0.25, -0.2) is 0 Å². The molecule has 0 aliphatic rings. The van der Waals surface area contributed by atoms with Crippen molar-refractivity contribution in [2.75, 3.05) is 4.90 Å². The number of hydrogen-bond acceptors (Lipinski definition) is 3. The molecular weight excluding hydrogens is 653 g/mol. The molecule has 11 aromatic rings. The highest BCUT2D eigenvalue weighted by Gasteiger charge is 2.21. The first-order valence-corrected chi connectivity index (χ1v) is 18.4. The summed E-state index contributed by atoms with van der Waals surface area (Å²) in [5.41, 5.74) is 11.0. The van der Waals surface area contributed by atoms with E-state index < -0.39 is 0 Å². The van der Waals surface area contributed by atoms with Gasteiger partial charge in [0, 0.05) is 58.8 Å². The van der Waals surface area contributed by atoms with Crippen LogP contribution in [0.3, 0.4) is 0 Å². The van der Waals surface area contributed by atoms with Crippen molar-refractivity contribution in [3.05, 3.63) is 182 Å². The SMILES string of the molecule is c1ccc(-n2c3ccccc3c3ccc(N(c4ccc(-c5ccc6c(c5)oc5ccccc56)cc4)c4cccc5sc6ccccc6c45)cc32)cc1. The Bertz CT molecular complexity index is 3130. The summed E-state index contributed by atoms with van der Waals surface area (Å²) >= 11 is 1.85. The van der Waals surface area contributed by atoms with Crippen molar-refractivity contribution in [2.24, 2.45) is 0 Å². The van der Waals surface area contributed by atoms with Gasteiger partial charge >= 0.3 is 0 Å². The molecule has 0 unspecified atom stereocenters. The lowest BCUT2D eigenvalue weighted by atomic mass is 10.0. The lowest BCUT2D eigenvalue weighted by Gasteiger charge is -2.27. The molecule has 3 aromatic heterocycles. The molecule has 0 aliphatic heterocycles. The number of furan rings is 1. The van der Waals surface area contributed by atoms with Crippen LogP contribution in [-0.2, 0) is 0 Å². The number of anilines is 3. The third-order valence-electron chi connectivity index (χ3n) is 10.4. The Hall–Kier alpha value is -6.62. The molecule has 0 N–H and O–H groups in total. The molecule has 0 bridgehead atoms. The molecule has 0 saturated carbocycles. The highest BCUT2D eigenvalue weighted by atomic mass is 32.1. The Morgan fingerprint density at radius 2 is 1.08 bits per heavy atom. The highest BCUT2D eigenvalue weighted by Crippen LogP contribution is 2.46. The van der Waals surface area contributed by atoms with Crippen LogP contribution in [0.5, 0.6) is 0 Å². The van der Waals surface area contributed by atoms with E-state index in [9.17, 15) is 0 Å². The molecule has 0 spiro atoms. The summed E-state index contributed by atoms with van der Waals surface area (Å²) in [6.45, 7) is 0. The number of para-hydroxylation sites is 3. The molecule has 8 aromatic carbocycles. The van der Waals surface area contributed by atoms with Crippen molar-refractivity contribution in [3.8, 4) is 16.8 Å². The zero-order valence-electron chi connectivity index (χ0n) is 28.0. The van der Waals surface area contributed by atoms with Crippen LogP contribution in [-0.4, -0.2) is 4.57 Å². The van der Waals surface area contributed by atoms with E-state index in [-0.39, 0.29) is 0 Å². The average Bonchev–Trinajstić information content (AvgIpc) is 3.88. The van der Waals surface area contributed by atoms with Gasteiger partial charge in [0.2, 0.25) is 0 Å². The molecule has 244 valence electrons. The molecule has 4 heteroatoms. The van der Waals surface area contributed by atoms with Crippen LogP contribution in [0.25, 0.3) is 80.7 Å². The second kappa shape index (κ2) is 11.5. The summed E-state index contributed by atoms with van der Waals surface area (Å²) in [7, 11) is 0. The first-order valence-electron chi connectivity index (χ1n) is 17.6. The minimum Gasteiger partial charge on any atom is -0.456 e. The molecule has 0 radical (unpaired) electrons. The third kappa shape index (κ3) is 4.45. The van der Waals surface area contributed by atoms with Crippen LogP contribution < -0.4 is 4.90 Å². The number of thiophene rings is 1. The van der Waals surface area contributed by atoms with E-state index in [0.717, 1.165) is 55.8 Å². The van der Waals surface area contributed by atoms with Gasteiger partial charge in [0.15, 0.2) is 0 Å². The maximum Gasteiger partial charge on any atom is 0.136 e. The second-order valence-corrected chi connectivity index (χ2v) is 14.4. The van der Waals surface area contributed by atoms with E-state index in [2.05, 4.69) is 179 Å². The summed E-state index contributed by atoms with van der Waals surface area (Å²) < 4.78 is 11.2. The van der Waals surface area contributed by atoms with Crippen LogP contribution in [0.1, 0.15) is 0 Å². The number of rotatable bonds is 5. The molecular formula is C48H30N2OS. The first-order chi connectivity index (χ1) is 25.8. The van der Waals surface area contributed by atoms with Crippen LogP contribution in [0, 0.1) is 0 Å². The maximum absolute atomic E-state index is 6.25. The molecule has 3 heterocycles. The topological polar surface area (TPSA) is 21.3 Å². The van der Waals surface area contributed by atoms with Crippen molar-refractivity contribution in [3.63, 3.8) is 0 Å². The van der Waals surface area contributed by atoms with Gasteiger partial charge in [0.05, 0.1) is 16.7 Å². The van der Waals surface area contributed by atoms with Gasteiger partial charge in [-0.1, -0.05) is 103 Å². The summed E-state index contributed by atoms with van der Waals surface area (Å²) in [6, 6.07) is 65.6. The molecule has 0 amide bonds. The zero-order valence-corrected chi connectivity index (χ0v) is 28.8. The van der Waals surface area contributed by atoms with E-state index >= 15 is 0 Å². The molecule has 0 fully saturated rings. The molecule has 3 nitrogen and oxygen atoms in total. The average molecular weight is 683 g/mol. The van der Waals surface area contributed by atoms with Crippen molar-refractivity contribution in [1.29, 1.82) is 0 Å². The minimum atomic E-state index is 0.905. The van der Waals surface area contributed by atoms with Gasteiger partial charge in [-0.05, 0) is 90.0 Å². The number of benzene rings is 8. The minimum absolute atomic E-state index is 0.905. The Balaban J connectivity index is 1.12. The van der Waals surface area contributed by atoms with E-state index in [0.29, 0.717) is 0 Å². The van der Waals surface area contributed by atoms with Crippen molar-refractivity contribution < 1.29 is 4.42 Å². The fraction of sp³-hybridized carbons (Fsp3) is 0. The van der Waals surface area contributed by atoms with Gasteiger partial charge in [-0.2, -0.15) is 0 Å². The van der Waals surface area contributed by atoms with E-state index in [1.54, 1.807) is 0 Å². The molecule has 0 aliphatic carbocycles. The fourth-order valence-corrected chi connectivity index (χ4v) is 9.16. The van der Waals surface area contributed by atoms with Gasteiger partial charge in [-0.15, -0.1) is 11.3 Å². The van der Waals surface area contributed by atoms with Gasteiger partial charge in [0.25, 0.3) is 0 Å². The van der Waals surface area contributed by atoms with Crippen LogP contribution >= 0.6 is 11.3 Å². The lowest BCUT2D eigenvalue weighted by Crippen LogP contribution is -2.10. The number of hydrogen-bond donors (Lipinski definition) is 0. The second-order valence-electron chi connectivity index (χ2n) is 13.3. The van der Waals surface area contributed by atoms with E-state index in [4.69, 9.17) is 4.42 Å². The summed E-state index contributed by atoms with van der Waals surface area (Å²) in [5.74, 6) is 0. The van der Waals surface area contributed by atoms with Gasteiger partial charge in [-0.3, -0.25) is 0 Å². The van der Waals surface area contributed by atoms with E-state index in [1.165, 1.54) is 42.0 Å². The normalized spacial score (nSPS) is 11.8. The number of fused-ring (bicyclic) bond motifs is 9. The lowest BCUT2D eigenvalue weighted by molar-refractivity contribution is 0.669. The summed E-state index contributed by atoms with van der Waals surface area (Å²) in [5, 5.41) is 7.31. The molecule has 0 atom stereocenters. The predicted molar refractivity (Wildman–Crippen MR) is 221 cm³/mol. The zero-order chi connectivity index (χ0) is 34.2. The maximum atomic E-state index is 6.25. The standard InChI is InChI=1S/C48H30N2OS/c1-2-11-33(12-3-1)50-41-16-7-4-13-36(41)37-28-26-35(30-43(37)50)49(42-17-10-20-47-48(42)40-15-6-9-19-46(40)52-47)34-24-21-31(22-25-34)32-23-27-39-38-14-5-8-18-44(38)51-45(39)29-32/h1-30H. The summed E-state index contributed by atoms with van der Waals surface area (Å²) in [6.07, 6.45) is 0. The Morgan fingerprint density at radius 3 is 1.96 bits per heavy atom. The highest BCUT2D eigenvalue weighted by molar-refractivity contribution is 7.26. The summed E-state index contributed by atoms with van der Waals surface area (Å²) in [4.78, 5) is 2.43. The number of aromatic nitrogens is 1. The predicted octanol–water partition coefficient (Wildman–Crippen LogP) is 14.2. The fourth-order valence-electron chi connectivity index (χ4n) is 8.03. The Kier molecular flexibility index (Phi) is 6.42. The third-order valence-corrected chi connectivity index (χ3v) is 11.5. The van der Waals surface area contributed by atoms with Crippen molar-refractivity contribution in [2.45, 2.75) is 0 Å². The quantitative estimate of drug-likeness (QED) is 0.180. The van der Waals surface area contributed by atoms with Gasteiger partial charge in [0.1, 0.15) is 11.2 Å². The van der Waals surface area contributed by atoms with Crippen LogP contribution in [0.15, 0.2) is 186 Å².